The normalized spacial score (nSPS) is 15.8. The summed E-state index contributed by atoms with van der Waals surface area (Å²) in [6.07, 6.45) is 4.05. The standard InChI is InChI=1S/C19H22N2O4/c1-24-17-5-4-15-9-16(13-25-18(15)10-17)19(23)21(7-8-22)12-14-3-2-6-20-11-14/h2-6,10-11,16,22H,7-9,12-13H2,1H3. The highest BCUT2D eigenvalue weighted by atomic mass is 16.5. The predicted molar refractivity (Wildman–Crippen MR) is 92.4 cm³/mol. The Hall–Kier alpha value is -2.60. The number of nitrogens with zero attached hydrogens (tertiary/aromatic N) is 2. The molecule has 1 atom stereocenters. The summed E-state index contributed by atoms with van der Waals surface area (Å²) in [6.45, 7) is 0.972. The van der Waals surface area contributed by atoms with Crippen molar-refractivity contribution in [2.24, 2.45) is 5.92 Å². The van der Waals surface area contributed by atoms with E-state index in [1.54, 1.807) is 24.4 Å². The van der Waals surface area contributed by atoms with Crippen LogP contribution in [0.2, 0.25) is 0 Å². The summed E-state index contributed by atoms with van der Waals surface area (Å²) in [6, 6.07) is 9.41. The Bertz CT molecular complexity index is 721. The zero-order chi connectivity index (χ0) is 17.6. The van der Waals surface area contributed by atoms with E-state index < -0.39 is 0 Å². The molecule has 1 aromatic heterocycles. The van der Waals surface area contributed by atoms with E-state index in [0.717, 1.165) is 22.6 Å². The maximum Gasteiger partial charge on any atom is 0.229 e. The van der Waals surface area contributed by atoms with Crippen LogP contribution in [0.15, 0.2) is 42.7 Å². The SMILES string of the molecule is COc1ccc2c(c1)OCC(C(=O)N(CCO)Cc1cccnc1)C2. The van der Waals surface area contributed by atoms with Gasteiger partial charge in [0.25, 0.3) is 0 Å². The molecular weight excluding hydrogens is 320 g/mol. The van der Waals surface area contributed by atoms with Gasteiger partial charge in [-0.05, 0) is 29.7 Å². The third-order valence-corrected chi connectivity index (χ3v) is 4.31. The predicted octanol–water partition coefficient (Wildman–Crippen LogP) is 1.66. The van der Waals surface area contributed by atoms with Crippen LogP contribution in [-0.2, 0) is 17.8 Å². The average molecular weight is 342 g/mol. The number of rotatable bonds is 6. The van der Waals surface area contributed by atoms with Gasteiger partial charge in [0.2, 0.25) is 5.91 Å². The molecule has 25 heavy (non-hydrogen) atoms. The van der Waals surface area contributed by atoms with Crippen molar-refractivity contribution in [2.45, 2.75) is 13.0 Å². The maximum absolute atomic E-state index is 12.9. The summed E-state index contributed by atoms with van der Waals surface area (Å²) in [4.78, 5) is 18.7. The molecule has 0 saturated carbocycles. The monoisotopic (exact) mass is 342 g/mol. The van der Waals surface area contributed by atoms with E-state index in [1.807, 2.05) is 30.3 Å². The fourth-order valence-electron chi connectivity index (χ4n) is 3.00. The second kappa shape index (κ2) is 7.98. The van der Waals surface area contributed by atoms with Crippen LogP contribution in [0.4, 0.5) is 0 Å². The van der Waals surface area contributed by atoms with Crippen LogP contribution < -0.4 is 9.47 Å². The lowest BCUT2D eigenvalue weighted by molar-refractivity contribution is -0.138. The fraction of sp³-hybridized carbons (Fsp3) is 0.368. The minimum Gasteiger partial charge on any atom is -0.497 e. The van der Waals surface area contributed by atoms with Crippen molar-refractivity contribution in [1.29, 1.82) is 0 Å². The highest BCUT2D eigenvalue weighted by Crippen LogP contribution is 2.31. The molecule has 1 N–H and O–H groups in total. The summed E-state index contributed by atoms with van der Waals surface area (Å²) in [5.41, 5.74) is 1.93. The zero-order valence-electron chi connectivity index (χ0n) is 14.2. The molecule has 6 heteroatoms. The van der Waals surface area contributed by atoms with E-state index in [-0.39, 0.29) is 18.4 Å². The molecule has 2 aromatic rings. The Morgan fingerprint density at radius 3 is 3.04 bits per heavy atom. The Balaban J connectivity index is 1.71. The molecule has 1 amide bonds. The second-order valence-electron chi connectivity index (χ2n) is 6.03. The maximum atomic E-state index is 12.9. The van der Waals surface area contributed by atoms with E-state index in [9.17, 15) is 9.90 Å². The lowest BCUT2D eigenvalue weighted by Crippen LogP contribution is -2.41. The van der Waals surface area contributed by atoms with Gasteiger partial charge >= 0.3 is 0 Å². The Morgan fingerprint density at radius 2 is 2.32 bits per heavy atom. The first-order chi connectivity index (χ1) is 12.2. The van der Waals surface area contributed by atoms with Crippen LogP contribution in [0.1, 0.15) is 11.1 Å². The molecule has 1 aromatic carbocycles. The summed E-state index contributed by atoms with van der Waals surface area (Å²) < 4.78 is 11.0. The van der Waals surface area contributed by atoms with E-state index >= 15 is 0 Å². The van der Waals surface area contributed by atoms with Crippen LogP contribution in [0.3, 0.4) is 0 Å². The van der Waals surface area contributed by atoms with E-state index in [4.69, 9.17) is 9.47 Å². The number of carbonyl (C=O) groups excluding carboxylic acids is 1. The number of ether oxygens (including phenoxy) is 2. The second-order valence-corrected chi connectivity index (χ2v) is 6.03. The molecule has 3 rings (SSSR count). The smallest absolute Gasteiger partial charge is 0.229 e. The number of aliphatic hydroxyl groups is 1. The number of benzene rings is 1. The van der Waals surface area contributed by atoms with Crippen molar-refractivity contribution < 1.29 is 19.4 Å². The van der Waals surface area contributed by atoms with Gasteiger partial charge in [-0.15, -0.1) is 0 Å². The van der Waals surface area contributed by atoms with Crippen LogP contribution in [0.5, 0.6) is 11.5 Å². The van der Waals surface area contributed by atoms with Crippen molar-refractivity contribution in [3.8, 4) is 11.5 Å². The summed E-state index contributed by atoms with van der Waals surface area (Å²) in [5, 5.41) is 9.32. The van der Waals surface area contributed by atoms with Crippen molar-refractivity contribution in [1.82, 2.24) is 9.88 Å². The molecule has 0 radical (unpaired) electrons. The van der Waals surface area contributed by atoms with E-state index in [1.165, 1.54) is 0 Å². The fourth-order valence-corrected chi connectivity index (χ4v) is 3.00. The van der Waals surface area contributed by atoms with Crippen LogP contribution >= 0.6 is 0 Å². The van der Waals surface area contributed by atoms with Crippen molar-refractivity contribution in [3.63, 3.8) is 0 Å². The molecule has 0 aliphatic carbocycles. The lowest BCUT2D eigenvalue weighted by Gasteiger charge is -2.30. The molecular formula is C19H22N2O4. The first-order valence-corrected chi connectivity index (χ1v) is 8.29. The highest BCUT2D eigenvalue weighted by Gasteiger charge is 2.29. The molecule has 6 nitrogen and oxygen atoms in total. The number of carbonyl (C=O) groups is 1. The Labute approximate surface area is 147 Å². The molecule has 0 bridgehead atoms. The average Bonchev–Trinajstić information content (AvgIpc) is 2.67. The van der Waals surface area contributed by atoms with Crippen LogP contribution in [-0.4, -0.2) is 47.8 Å². The van der Waals surface area contributed by atoms with Crippen LogP contribution in [0, 0.1) is 5.92 Å². The lowest BCUT2D eigenvalue weighted by atomic mass is 9.95. The van der Waals surface area contributed by atoms with E-state index in [0.29, 0.717) is 26.1 Å². The van der Waals surface area contributed by atoms with Gasteiger partial charge in [0.1, 0.15) is 18.1 Å². The largest absolute Gasteiger partial charge is 0.497 e. The van der Waals surface area contributed by atoms with Gasteiger partial charge in [0, 0.05) is 31.5 Å². The molecule has 132 valence electrons. The summed E-state index contributed by atoms with van der Waals surface area (Å²) >= 11 is 0. The first-order valence-electron chi connectivity index (χ1n) is 8.29. The third-order valence-electron chi connectivity index (χ3n) is 4.31. The van der Waals surface area contributed by atoms with Gasteiger partial charge in [-0.25, -0.2) is 0 Å². The van der Waals surface area contributed by atoms with Gasteiger partial charge in [-0.3, -0.25) is 9.78 Å². The molecule has 2 heterocycles. The Morgan fingerprint density at radius 1 is 1.44 bits per heavy atom. The number of aliphatic hydroxyl groups excluding tert-OH is 1. The number of aromatic nitrogens is 1. The number of hydrogen-bond acceptors (Lipinski definition) is 5. The van der Waals surface area contributed by atoms with Crippen molar-refractivity contribution in [3.05, 3.63) is 53.9 Å². The first kappa shape index (κ1) is 17.2. The van der Waals surface area contributed by atoms with Gasteiger partial charge in [0.15, 0.2) is 0 Å². The van der Waals surface area contributed by atoms with Gasteiger partial charge < -0.3 is 19.5 Å². The number of hydrogen-bond donors (Lipinski definition) is 1. The van der Waals surface area contributed by atoms with Crippen LogP contribution in [0.25, 0.3) is 0 Å². The zero-order valence-corrected chi connectivity index (χ0v) is 14.2. The highest BCUT2D eigenvalue weighted by molar-refractivity contribution is 5.80. The number of pyridine rings is 1. The molecule has 1 aliphatic heterocycles. The third kappa shape index (κ3) is 4.09. The number of amides is 1. The summed E-state index contributed by atoms with van der Waals surface area (Å²) in [7, 11) is 1.61. The minimum absolute atomic E-state index is 0.0145. The molecule has 1 aliphatic rings. The number of methoxy groups -OCH3 is 1. The molecule has 0 saturated heterocycles. The van der Waals surface area contributed by atoms with Gasteiger partial charge in [-0.1, -0.05) is 12.1 Å². The topological polar surface area (TPSA) is 71.9 Å². The van der Waals surface area contributed by atoms with Crippen molar-refractivity contribution in [2.75, 3.05) is 26.9 Å². The molecule has 1 unspecified atom stereocenters. The van der Waals surface area contributed by atoms with E-state index in [2.05, 4.69) is 4.98 Å². The summed E-state index contributed by atoms with van der Waals surface area (Å²) in [5.74, 6) is 1.23. The number of fused-ring (bicyclic) bond motifs is 1. The van der Waals surface area contributed by atoms with Gasteiger partial charge in [0.05, 0.1) is 19.6 Å². The molecule has 0 fully saturated rings. The van der Waals surface area contributed by atoms with Gasteiger partial charge in [-0.2, -0.15) is 0 Å². The minimum atomic E-state index is -0.260. The quantitative estimate of drug-likeness (QED) is 0.864. The van der Waals surface area contributed by atoms with Crippen molar-refractivity contribution >= 4 is 5.91 Å². The molecule has 0 spiro atoms. The Kier molecular flexibility index (Phi) is 5.50.